The maximum atomic E-state index is 12.5. The van der Waals surface area contributed by atoms with Crippen molar-refractivity contribution in [2.24, 2.45) is 0 Å². The molecule has 29 heavy (non-hydrogen) atoms. The van der Waals surface area contributed by atoms with Gasteiger partial charge >= 0.3 is 5.97 Å². The second kappa shape index (κ2) is 7.95. The quantitative estimate of drug-likeness (QED) is 0.668. The fraction of sp³-hybridized carbons (Fsp3) is 0.318. The van der Waals surface area contributed by atoms with Crippen LogP contribution in [0.2, 0.25) is 0 Å². The predicted molar refractivity (Wildman–Crippen MR) is 107 cm³/mol. The molecule has 7 nitrogen and oxygen atoms in total. The number of aromatic amines is 1. The van der Waals surface area contributed by atoms with E-state index < -0.39 is 12.6 Å². The first kappa shape index (κ1) is 19.0. The number of nitrogens with one attached hydrogen (secondary N) is 2. The Morgan fingerprint density at radius 2 is 1.86 bits per heavy atom. The third-order valence-corrected chi connectivity index (χ3v) is 5.17. The summed E-state index contributed by atoms with van der Waals surface area (Å²) in [7, 11) is 0. The second-order valence-electron chi connectivity index (χ2n) is 7.43. The van der Waals surface area contributed by atoms with E-state index in [4.69, 9.17) is 9.84 Å². The third-order valence-electron chi connectivity index (χ3n) is 5.17. The highest BCUT2D eigenvalue weighted by molar-refractivity contribution is 5.82. The van der Waals surface area contributed by atoms with Crippen molar-refractivity contribution in [1.82, 2.24) is 10.3 Å². The minimum atomic E-state index is -1.04. The molecule has 1 atom stereocenters. The number of hydrogen-bond acceptors (Lipinski definition) is 4. The number of aromatic nitrogens is 1. The van der Waals surface area contributed by atoms with Gasteiger partial charge in [0.2, 0.25) is 5.91 Å². The van der Waals surface area contributed by atoms with E-state index in [1.807, 2.05) is 30.3 Å². The van der Waals surface area contributed by atoms with Crippen LogP contribution in [0.5, 0.6) is 5.75 Å². The number of ether oxygens (including phenoxy) is 1. The van der Waals surface area contributed by atoms with Crippen LogP contribution in [0.3, 0.4) is 0 Å². The molecule has 7 heteroatoms. The molecule has 1 saturated heterocycles. The summed E-state index contributed by atoms with van der Waals surface area (Å²) < 4.78 is 5.19. The van der Waals surface area contributed by atoms with Crippen LogP contribution in [0.1, 0.15) is 48.4 Å². The van der Waals surface area contributed by atoms with E-state index in [0.29, 0.717) is 30.2 Å². The molecule has 1 aliphatic carbocycles. The van der Waals surface area contributed by atoms with Gasteiger partial charge in [0.1, 0.15) is 5.75 Å². The van der Waals surface area contributed by atoms with Crippen molar-refractivity contribution in [3.8, 4) is 5.75 Å². The maximum absolute atomic E-state index is 12.5. The zero-order chi connectivity index (χ0) is 20.4. The van der Waals surface area contributed by atoms with Crippen molar-refractivity contribution in [1.29, 1.82) is 0 Å². The average Bonchev–Trinajstić information content (AvgIpc) is 3.46. The highest BCUT2D eigenvalue weighted by Crippen LogP contribution is 2.38. The normalized spacial score (nSPS) is 19.1. The Bertz CT molecular complexity index is 1020. The first-order valence-corrected chi connectivity index (χ1v) is 9.69. The number of carboxylic acid groups (broad SMARTS) is 1. The van der Waals surface area contributed by atoms with Crippen LogP contribution in [-0.4, -0.2) is 34.6 Å². The van der Waals surface area contributed by atoms with Gasteiger partial charge < -0.3 is 20.1 Å². The number of aliphatic carboxylic acids is 1. The van der Waals surface area contributed by atoms with E-state index in [0.717, 1.165) is 29.5 Å². The van der Waals surface area contributed by atoms with E-state index in [-0.39, 0.29) is 17.5 Å². The van der Waals surface area contributed by atoms with Crippen molar-refractivity contribution in [2.45, 2.75) is 37.6 Å². The lowest BCUT2D eigenvalue weighted by atomic mass is 9.98. The molecule has 0 bridgehead atoms. The number of H-pyrrole nitrogens is 1. The number of hydrogen-bond donors (Lipinski definition) is 3. The van der Waals surface area contributed by atoms with Crippen molar-refractivity contribution < 1.29 is 19.4 Å². The van der Waals surface area contributed by atoms with Gasteiger partial charge in [-0.15, -0.1) is 0 Å². The Kier molecular flexibility index (Phi) is 5.20. The standard InChI is InChI=1S/C22H22N2O5/c25-20-10-5-15(23-20)11-18(14-3-6-16(7-4-14)29-12-21(26)27)19-9-8-17(13-1-2-13)22(28)24-19/h3-4,6-9,11,13,15H,1-2,5,10,12H2,(H,23,25)(H,24,28)(H,26,27)/b18-11+/t15-/m1/s1. The number of benzene rings is 1. The van der Waals surface area contributed by atoms with Crippen molar-refractivity contribution >= 4 is 17.4 Å². The van der Waals surface area contributed by atoms with Gasteiger partial charge in [0.25, 0.3) is 5.56 Å². The third kappa shape index (κ3) is 4.56. The minimum Gasteiger partial charge on any atom is -0.482 e. The number of rotatable bonds is 7. The molecule has 150 valence electrons. The smallest absolute Gasteiger partial charge is 0.341 e. The molecular formula is C22H22N2O5. The average molecular weight is 394 g/mol. The van der Waals surface area contributed by atoms with Crippen molar-refractivity contribution in [3.63, 3.8) is 0 Å². The number of carbonyl (C=O) groups is 2. The van der Waals surface area contributed by atoms with E-state index in [2.05, 4.69) is 10.3 Å². The summed E-state index contributed by atoms with van der Waals surface area (Å²) in [5, 5.41) is 11.7. The summed E-state index contributed by atoms with van der Waals surface area (Å²) in [5.74, 6) is -0.220. The fourth-order valence-electron chi connectivity index (χ4n) is 3.54. The van der Waals surface area contributed by atoms with Crippen LogP contribution >= 0.6 is 0 Å². The Hall–Kier alpha value is -3.35. The first-order chi connectivity index (χ1) is 14.0. The van der Waals surface area contributed by atoms with Gasteiger partial charge in [0.15, 0.2) is 6.61 Å². The minimum absolute atomic E-state index is 0.0144. The molecule has 1 saturated carbocycles. The number of carbonyl (C=O) groups excluding carboxylic acids is 1. The van der Waals surface area contributed by atoms with Crippen LogP contribution in [0.15, 0.2) is 47.3 Å². The lowest BCUT2D eigenvalue weighted by Crippen LogP contribution is -2.23. The molecule has 2 aromatic rings. The lowest BCUT2D eigenvalue weighted by Gasteiger charge is -2.13. The van der Waals surface area contributed by atoms with Gasteiger partial charge in [-0.1, -0.05) is 24.3 Å². The molecule has 4 rings (SSSR count). The van der Waals surface area contributed by atoms with Gasteiger partial charge in [-0.25, -0.2) is 4.79 Å². The van der Waals surface area contributed by atoms with Crippen LogP contribution in [0.4, 0.5) is 0 Å². The number of pyridine rings is 1. The van der Waals surface area contributed by atoms with Gasteiger partial charge in [-0.2, -0.15) is 0 Å². The summed E-state index contributed by atoms with van der Waals surface area (Å²) in [6.07, 6.45) is 5.24. The van der Waals surface area contributed by atoms with Gasteiger partial charge in [0.05, 0.1) is 0 Å². The molecule has 0 spiro atoms. The van der Waals surface area contributed by atoms with Crippen LogP contribution in [0.25, 0.3) is 5.57 Å². The summed E-state index contributed by atoms with van der Waals surface area (Å²) in [4.78, 5) is 37.8. The number of amides is 1. The van der Waals surface area contributed by atoms with Gasteiger partial charge in [-0.3, -0.25) is 9.59 Å². The molecule has 2 fully saturated rings. The van der Waals surface area contributed by atoms with E-state index in [1.165, 1.54) is 0 Å². The van der Waals surface area contributed by atoms with Gasteiger partial charge in [-0.05, 0) is 48.9 Å². The molecule has 1 aliphatic heterocycles. The molecular weight excluding hydrogens is 372 g/mol. The summed E-state index contributed by atoms with van der Waals surface area (Å²) in [6.45, 7) is -0.411. The first-order valence-electron chi connectivity index (χ1n) is 9.69. The Balaban J connectivity index is 1.66. The molecule has 0 radical (unpaired) electrons. The molecule has 0 unspecified atom stereocenters. The molecule has 1 amide bonds. The van der Waals surface area contributed by atoms with E-state index in [1.54, 1.807) is 12.1 Å². The highest BCUT2D eigenvalue weighted by Gasteiger charge is 2.26. The van der Waals surface area contributed by atoms with Crippen LogP contribution in [0, 0.1) is 0 Å². The van der Waals surface area contributed by atoms with Crippen LogP contribution in [-0.2, 0) is 9.59 Å². The molecule has 1 aromatic heterocycles. The van der Waals surface area contributed by atoms with Crippen molar-refractivity contribution in [2.75, 3.05) is 6.61 Å². The molecule has 1 aromatic carbocycles. The van der Waals surface area contributed by atoms with E-state index in [9.17, 15) is 14.4 Å². The zero-order valence-corrected chi connectivity index (χ0v) is 15.8. The largest absolute Gasteiger partial charge is 0.482 e. The fourth-order valence-corrected chi connectivity index (χ4v) is 3.54. The monoisotopic (exact) mass is 394 g/mol. The Labute approximate surface area is 167 Å². The summed E-state index contributed by atoms with van der Waals surface area (Å²) >= 11 is 0. The SMILES string of the molecule is O=C(O)COc1ccc(/C(=C\[C@H]2CCC(=O)N2)c2ccc(C3CC3)c(=O)[nH]2)cc1. The summed E-state index contributed by atoms with van der Waals surface area (Å²) in [5.41, 5.74) is 3.07. The number of carboxylic acids is 1. The van der Waals surface area contributed by atoms with Crippen LogP contribution < -0.4 is 15.6 Å². The highest BCUT2D eigenvalue weighted by atomic mass is 16.5. The predicted octanol–water partition coefficient (Wildman–Crippen LogP) is 2.43. The van der Waals surface area contributed by atoms with Gasteiger partial charge in [0, 0.05) is 29.3 Å². The Morgan fingerprint density at radius 3 is 2.45 bits per heavy atom. The Morgan fingerprint density at radius 1 is 1.10 bits per heavy atom. The second-order valence-corrected chi connectivity index (χ2v) is 7.43. The maximum Gasteiger partial charge on any atom is 0.341 e. The molecule has 2 aliphatic rings. The van der Waals surface area contributed by atoms with E-state index >= 15 is 0 Å². The molecule has 2 heterocycles. The molecule has 3 N–H and O–H groups in total. The topological polar surface area (TPSA) is 108 Å². The zero-order valence-electron chi connectivity index (χ0n) is 15.8. The lowest BCUT2D eigenvalue weighted by molar-refractivity contribution is -0.139. The summed E-state index contributed by atoms with van der Waals surface area (Å²) in [6, 6.07) is 10.7. The van der Waals surface area contributed by atoms with Crippen molar-refractivity contribution in [3.05, 3.63) is 69.6 Å².